The molecule has 1 N–H and O–H groups in total. The van der Waals surface area contributed by atoms with E-state index < -0.39 is 6.04 Å². The van der Waals surface area contributed by atoms with Gasteiger partial charge in [0.05, 0.1) is 22.9 Å². The third kappa shape index (κ3) is 4.41. The lowest BCUT2D eigenvalue weighted by molar-refractivity contribution is 0.190. The van der Waals surface area contributed by atoms with Gasteiger partial charge < -0.3 is 14.6 Å². The molecule has 2 aromatic carbocycles. The summed E-state index contributed by atoms with van der Waals surface area (Å²) in [6.07, 6.45) is 0. The Morgan fingerprint density at radius 3 is 2.58 bits per heavy atom. The van der Waals surface area contributed by atoms with Crippen molar-refractivity contribution in [2.24, 2.45) is 0 Å². The number of anilines is 1. The van der Waals surface area contributed by atoms with Crippen molar-refractivity contribution in [3.05, 3.63) is 70.3 Å². The smallest absolute Gasteiger partial charge is 0.253 e. The molecule has 0 saturated carbocycles. The first kappa shape index (κ1) is 24.5. The minimum absolute atomic E-state index is 0.148. The van der Waals surface area contributed by atoms with Crippen LogP contribution >= 0.6 is 11.3 Å². The molecular formula is C27H30N8O2S. The van der Waals surface area contributed by atoms with Crippen LogP contribution in [0.1, 0.15) is 38.2 Å². The van der Waals surface area contributed by atoms with E-state index in [1.54, 1.807) is 18.4 Å². The van der Waals surface area contributed by atoms with Crippen LogP contribution in [0.25, 0.3) is 21.1 Å². The van der Waals surface area contributed by atoms with Crippen LogP contribution in [0.15, 0.2) is 53.3 Å². The van der Waals surface area contributed by atoms with E-state index in [1.807, 2.05) is 41.1 Å². The predicted molar refractivity (Wildman–Crippen MR) is 149 cm³/mol. The molecule has 0 unspecified atom stereocenters. The number of para-hydroxylation sites is 1. The van der Waals surface area contributed by atoms with Crippen LogP contribution in [-0.4, -0.2) is 68.4 Å². The number of hydrogen-bond donors (Lipinski definition) is 1. The fourth-order valence-corrected chi connectivity index (χ4v) is 6.06. The molecule has 10 nitrogen and oxygen atoms in total. The maximum atomic E-state index is 13.5. The van der Waals surface area contributed by atoms with Crippen molar-refractivity contribution in [2.45, 2.75) is 32.4 Å². The first-order valence-corrected chi connectivity index (χ1v) is 13.5. The van der Waals surface area contributed by atoms with Crippen LogP contribution in [0.3, 0.4) is 0 Å². The largest absolute Gasteiger partial charge is 0.497 e. The molecule has 4 heterocycles. The lowest BCUT2D eigenvalue weighted by Crippen LogP contribution is -2.49. The maximum Gasteiger partial charge on any atom is 0.253 e. The van der Waals surface area contributed by atoms with Gasteiger partial charge in [0.2, 0.25) is 0 Å². The van der Waals surface area contributed by atoms with Gasteiger partial charge in [0.1, 0.15) is 11.8 Å². The molecule has 38 heavy (non-hydrogen) atoms. The number of benzene rings is 2. The normalized spacial score (nSPS) is 15.8. The summed E-state index contributed by atoms with van der Waals surface area (Å²) >= 11 is 1.71. The van der Waals surface area contributed by atoms with E-state index in [4.69, 9.17) is 9.72 Å². The lowest BCUT2D eigenvalue weighted by Gasteiger charge is -2.39. The van der Waals surface area contributed by atoms with Crippen LogP contribution in [0.5, 0.6) is 5.75 Å². The third-order valence-corrected chi connectivity index (χ3v) is 8.08. The number of pyridine rings is 1. The summed E-state index contributed by atoms with van der Waals surface area (Å²) in [5.41, 5.74) is 1.89. The molecule has 0 spiro atoms. The predicted octanol–water partition coefficient (Wildman–Crippen LogP) is 3.80. The van der Waals surface area contributed by atoms with Crippen LogP contribution in [0.4, 0.5) is 5.13 Å². The second kappa shape index (κ2) is 9.48. The lowest BCUT2D eigenvalue weighted by atomic mass is 10.0. The molecule has 1 aliphatic heterocycles. The van der Waals surface area contributed by atoms with Crippen LogP contribution in [0, 0.1) is 0 Å². The second-order valence-electron chi connectivity index (χ2n) is 10.5. The highest BCUT2D eigenvalue weighted by Crippen LogP contribution is 2.33. The summed E-state index contributed by atoms with van der Waals surface area (Å²) in [7, 11) is 1.64. The number of tetrazole rings is 1. The molecule has 1 aliphatic rings. The number of aromatic amines is 1. The summed E-state index contributed by atoms with van der Waals surface area (Å²) in [5, 5.41) is 14.7. The Bertz CT molecular complexity index is 1630. The van der Waals surface area contributed by atoms with Crippen molar-refractivity contribution < 1.29 is 4.74 Å². The van der Waals surface area contributed by atoms with Gasteiger partial charge in [-0.15, -0.1) is 5.10 Å². The SMILES string of the molecule is COc1ccc2[nH]c(=O)c([C@H](c3nnnn3C(C)(C)C)N3CCN(c4nc5ccccc5s4)CC3)cc2c1. The quantitative estimate of drug-likeness (QED) is 0.366. The van der Waals surface area contributed by atoms with Crippen LogP contribution in [0.2, 0.25) is 0 Å². The Morgan fingerprint density at radius 2 is 1.84 bits per heavy atom. The summed E-state index contributed by atoms with van der Waals surface area (Å²) < 4.78 is 8.44. The van der Waals surface area contributed by atoms with E-state index in [2.05, 4.69) is 63.2 Å². The molecule has 6 rings (SSSR count). The standard InChI is InChI=1S/C27H30N8O2S/c1-27(2,3)35-24(30-31-32-35)23(19-16-17-15-18(37-4)9-10-20(17)28-25(19)36)33-11-13-34(14-12-33)26-29-21-7-5-6-8-22(21)38-26/h5-10,15-16,23H,11-14H2,1-4H3,(H,28,36)/t23-/m1/s1. The van der Waals surface area contributed by atoms with E-state index in [-0.39, 0.29) is 11.1 Å². The van der Waals surface area contributed by atoms with E-state index in [1.165, 1.54) is 4.70 Å². The number of piperazine rings is 1. The molecule has 0 aliphatic carbocycles. The number of nitrogens with one attached hydrogen (secondary N) is 1. The Balaban J connectivity index is 1.39. The number of aromatic nitrogens is 6. The third-order valence-electron chi connectivity index (χ3n) is 6.98. The number of rotatable bonds is 5. The van der Waals surface area contributed by atoms with E-state index in [9.17, 15) is 4.79 Å². The van der Waals surface area contributed by atoms with Gasteiger partial charge in [-0.05, 0) is 67.6 Å². The van der Waals surface area contributed by atoms with Crippen LogP contribution < -0.4 is 15.2 Å². The Labute approximate surface area is 223 Å². The number of nitrogens with zero attached hydrogens (tertiary/aromatic N) is 7. The average Bonchev–Trinajstić information content (AvgIpc) is 3.57. The number of H-pyrrole nitrogens is 1. The van der Waals surface area contributed by atoms with Gasteiger partial charge in [0.25, 0.3) is 5.56 Å². The summed E-state index contributed by atoms with van der Waals surface area (Å²) in [6, 6.07) is 15.4. The molecule has 5 aromatic rings. The molecule has 11 heteroatoms. The molecule has 1 saturated heterocycles. The van der Waals surface area contributed by atoms with E-state index >= 15 is 0 Å². The van der Waals surface area contributed by atoms with Crippen molar-refractivity contribution in [2.75, 3.05) is 38.2 Å². The number of thiazole rings is 1. The number of fused-ring (bicyclic) bond motifs is 2. The highest BCUT2D eigenvalue weighted by Gasteiger charge is 2.35. The highest BCUT2D eigenvalue weighted by molar-refractivity contribution is 7.22. The molecular weight excluding hydrogens is 500 g/mol. The zero-order valence-corrected chi connectivity index (χ0v) is 22.7. The zero-order chi connectivity index (χ0) is 26.4. The second-order valence-corrected chi connectivity index (χ2v) is 11.5. The Kier molecular flexibility index (Phi) is 6.11. The fourth-order valence-electron chi connectivity index (χ4n) is 5.04. The summed E-state index contributed by atoms with van der Waals surface area (Å²) in [4.78, 5) is 26.0. The fraction of sp³-hybridized carbons (Fsp3) is 0.370. The Morgan fingerprint density at radius 1 is 1.05 bits per heavy atom. The molecule has 196 valence electrons. The molecule has 1 fully saturated rings. The van der Waals surface area contributed by atoms with Gasteiger partial charge in [-0.1, -0.05) is 23.5 Å². The van der Waals surface area contributed by atoms with Gasteiger partial charge in [-0.3, -0.25) is 9.69 Å². The molecule has 3 aromatic heterocycles. The average molecular weight is 531 g/mol. The van der Waals surface area contributed by atoms with Gasteiger partial charge in [0, 0.05) is 42.6 Å². The van der Waals surface area contributed by atoms with Crippen molar-refractivity contribution in [3.8, 4) is 5.75 Å². The number of ether oxygens (including phenoxy) is 1. The first-order valence-electron chi connectivity index (χ1n) is 12.7. The van der Waals surface area contributed by atoms with Crippen molar-refractivity contribution in [3.63, 3.8) is 0 Å². The van der Waals surface area contributed by atoms with E-state index in [0.29, 0.717) is 11.4 Å². The van der Waals surface area contributed by atoms with Crippen molar-refractivity contribution >= 4 is 37.6 Å². The molecule has 0 radical (unpaired) electrons. The van der Waals surface area contributed by atoms with E-state index in [0.717, 1.165) is 53.5 Å². The van der Waals surface area contributed by atoms with Gasteiger partial charge in [-0.25, -0.2) is 9.67 Å². The summed E-state index contributed by atoms with van der Waals surface area (Å²) in [6.45, 7) is 9.21. The topological polar surface area (TPSA) is 105 Å². The van der Waals surface area contributed by atoms with Crippen molar-refractivity contribution in [1.29, 1.82) is 0 Å². The van der Waals surface area contributed by atoms with Crippen LogP contribution in [-0.2, 0) is 5.54 Å². The zero-order valence-electron chi connectivity index (χ0n) is 21.9. The minimum atomic E-state index is -0.416. The molecule has 1 atom stereocenters. The monoisotopic (exact) mass is 530 g/mol. The maximum absolute atomic E-state index is 13.5. The first-order chi connectivity index (χ1) is 18.3. The molecule has 0 bridgehead atoms. The summed E-state index contributed by atoms with van der Waals surface area (Å²) in [5.74, 6) is 1.38. The minimum Gasteiger partial charge on any atom is -0.497 e. The Hall–Kier alpha value is -3.83. The van der Waals surface area contributed by atoms with Gasteiger partial charge >= 0.3 is 0 Å². The van der Waals surface area contributed by atoms with Crippen molar-refractivity contribution in [1.82, 2.24) is 35.1 Å². The highest BCUT2D eigenvalue weighted by atomic mass is 32.1. The number of hydrogen-bond acceptors (Lipinski definition) is 9. The van der Waals surface area contributed by atoms with Gasteiger partial charge in [-0.2, -0.15) is 0 Å². The molecule has 0 amide bonds. The number of methoxy groups -OCH3 is 1. The van der Waals surface area contributed by atoms with Gasteiger partial charge in [0.15, 0.2) is 11.0 Å².